The number of rotatable bonds is 4. The van der Waals surface area contributed by atoms with E-state index >= 15 is 0 Å². The van der Waals surface area contributed by atoms with Crippen molar-refractivity contribution in [3.05, 3.63) is 57.4 Å². The van der Waals surface area contributed by atoms with Crippen molar-refractivity contribution in [2.75, 3.05) is 5.32 Å². The SMILES string of the molecule is Cc1c(Cl)cccc1NC(=O)/C(C#N)=C\c1cc(C)n(C2CCCCC2)c1C. The number of carbonyl (C=O) groups is 1. The maximum atomic E-state index is 12.7. The predicted octanol–water partition coefficient (Wildman–Crippen LogP) is 6.12. The van der Waals surface area contributed by atoms with Gasteiger partial charge in [-0.2, -0.15) is 5.26 Å². The van der Waals surface area contributed by atoms with Crippen LogP contribution >= 0.6 is 11.6 Å². The Hall–Kier alpha value is -2.51. The lowest BCUT2D eigenvalue weighted by atomic mass is 9.95. The van der Waals surface area contributed by atoms with Gasteiger partial charge in [-0.05, 0) is 69.0 Å². The molecule has 28 heavy (non-hydrogen) atoms. The van der Waals surface area contributed by atoms with Gasteiger partial charge in [0.05, 0.1) is 0 Å². The van der Waals surface area contributed by atoms with Crippen molar-refractivity contribution in [1.82, 2.24) is 4.57 Å². The van der Waals surface area contributed by atoms with E-state index in [1.807, 2.05) is 13.0 Å². The van der Waals surface area contributed by atoms with E-state index in [0.29, 0.717) is 16.8 Å². The van der Waals surface area contributed by atoms with Gasteiger partial charge in [-0.3, -0.25) is 4.79 Å². The monoisotopic (exact) mass is 395 g/mol. The second-order valence-electron chi connectivity index (χ2n) is 7.52. The second kappa shape index (κ2) is 8.67. The molecule has 1 saturated carbocycles. The summed E-state index contributed by atoms with van der Waals surface area (Å²) >= 11 is 6.12. The third kappa shape index (κ3) is 4.15. The lowest BCUT2D eigenvalue weighted by molar-refractivity contribution is -0.112. The third-order valence-corrected chi connectivity index (χ3v) is 6.05. The van der Waals surface area contributed by atoms with Crippen LogP contribution in [0.4, 0.5) is 5.69 Å². The highest BCUT2D eigenvalue weighted by Gasteiger charge is 2.20. The van der Waals surface area contributed by atoms with Gasteiger partial charge in [-0.25, -0.2) is 0 Å². The predicted molar refractivity (Wildman–Crippen MR) is 114 cm³/mol. The molecule has 1 aliphatic carbocycles. The molecule has 1 aromatic heterocycles. The normalized spacial score (nSPS) is 15.3. The number of aromatic nitrogens is 1. The zero-order valence-electron chi connectivity index (χ0n) is 16.7. The molecule has 0 atom stereocenters. The molecule has 1 N–H and O–H groups in total. The van der Waals surface area contributed by atoms with Crippen LogP contribution in [-0.4, -0.2) is 10.5 Å². The highest BCUT2D eigenvalue weighted by atomic mass is 35.5. The van der Waals surface area contributed by atoms with Crippen LogP contribution in [0.15, 0.2) is 29.8 Å². The molecule has 0 spiro atoms. The molecule has 146 valence electrons. The van der Waals surface area contributed by atoms with Gasteiger partial charge >= 0.3 is 0 Å². The molecule has 0 bridgehead atoms. The van der Waals surface area contributed by atoms with Crippen LogP contribution in [0.25, 0.3) is 6.08 Å². The van der Waals surface area contributed by atoms with E-state index < -0.39 is 5.91 Å². The minimum absolute atomic E-state index is 0.0864. The first-order chi connectivity index (χ1) is 13.4. The van der Waals surface area contributed by atoms with Gasteiger partial charge in [0.15, 0.2) is 0 Å². The van der Waals surface area contributed by atoms with Gasteiger partial charge in [-0.1, -0.05) is 36.9 Å². The summed E-state index contributed by atoms with van der Waals surface area (Å²) in [6.45, 7) is 6.01. The number of hydrogen-bond acceptors (Lipinski definition) is 2. The van der Waals surface area contributed by atoms with E-state index in [0.717, 1.165) is 16.8 Å². The molecule has 0 unspecified atom stereocenters. The first-order valence-electron chi connectivity index (χ1n) is 9.79. The Morgan fingerprint density at radius 2 is 1.96 bits per heavy atom. The van der Waals surface area contributed by atoms with Gasteiger partial charge in [0.2, 0.25) is 0 Å². The standard InChI is InChI=1S/C23H26ClN3O/c1-15-12-18(17(3)27(15)20-8-5-4-6-9-20)13-19(14-25)23(28)26-22-11-7-10-21(24)16(22)2/h7,10-13,20H,4-6,8-9H2,1-3H3,(H,26,28)/b19-13-. The van der Waals surface area contributed by atoms with Gasteiger partial charge in [0.25, 0.3) is 5.91 Å². The molecule has 0 aliphatic heterocycles. The number of anilines is 1. The van der Waals surface area contributed by atoms with Gasteiger partial charge in [0, 0.05) is 28.1 Å². The highest BCUT2D eigenvalue weighted by molar-refractivity contribution is 6.31. The molecule has 1 aliphatic rings. The van der Waals surface area contributed by atoms with Crippen molar-refractivity contribution in [3.63, 3.8) is 0 Å². The summed E-state index contributed by atoms with van der Waals surface area (Å²) in [5, 5.41) is 12.9. The number of hydrogen-bond donors (Lipinski definition) is 1. The Morgan fingerprint density at radius 3 is 2.64 bits per heavy atom. The van der Waals surface area contributed by atoms with Crippen LogP contribution in [0.1, 0.15) is 60.7 Å². The Balaban J connectivity index is 1.87. The maximum absolute atomic E-state index is 12.7. The molecular weight excluding hydrogens is 370 g/mol. The van der Waals surface area contributed by atoms with E-state index in [2.05, 4.69) is 29.8 Å². The first kappa shape index (κ1) is 20.2. The summed E-state index contributed by atoms with van der Waals surface area (Å²) in [4.78, 5) is 12.7. The van der Waals surface area contributed by atoms with E-state index in [1.54, 1.807) is 24.3 Å². The Kier molecular flexibility index (Phi) is 6.26. The van der Waals surface area contributed by atoms with Crippen molar-refractivity contribution in [1.29, 1.82) is 5.26 Å². The molecule has 2 aromatic rings. The molecule has 0 radical (unpaired) electrons. The average Bonchev–Trinajstić information content (AvgIpc) is 2.97. The molecule has 5 heteroatoms. The van der Waals surface area contributed by atoms with Crippen LogP contribution in [0.3, 0.4) is 0 Å². The fourth-order valence-corrected chi connectivity index (χ4v) is 4.26. The van der Waals surface area contributed by atoms with Crippen LogP contribution in [0.2, 0.25) is 5.02 Å². The summed E-state index contributed by atoms with van der Waals surface area (Å²) in [7, 11) is 0. The molecule has 1 aromatic carbocycles. The fraction of sp³-hybridized carbons (Fsp3) is 0.391. The lowest BCUT2D eigenvalue weighted by Crippen LogP contribution is -2.15. The molecule has 0 saturated heterocycles. The van der Waals surface area contributed by atoms with Crippen molar-refractivity contribution < 1.29 is 4.79 Å². The molecule has 4 nitrogen and oxygen atoms in total. The Labute approximate surface area is 171 Å². The summed E-state index contributed by atoms with van der Waals surface area (Å²) in [5.74, 6) is -0.421. The minimum atomic E-state index is -0.421. The van der Waals surface area contributed by atoms with Crippen molar-refractivity contribution in [2.24, 2.45) is 0 Å². The molecular formula is C23H26ClN3O. The zero-order valence-corrected chi connectivity index (χ0v) is 17.4. The number of nitrogens with zero attached hydrogens (tertiary/aromatic N) is 2. The smallest absolute Gasteiger partial charge is 0.266 e. The third-order valence-electron chi connectivity index (χ3n) is 5.64. The number of nitriles is 1. The lowest BCUT2D eigenvalue weighted by Gasteiger charge is -2.26. The van der Waals surface area contributed by atoms with Crippen LogP contribution in [0.5, 0.6) is 0 Å². The number of aryl methyl sites for hydroxylation is 1. The number of halogens is 1. The van der Waals surface area contributed by atoms with E-state index in [4.69, 9.17) is 11.6 Å². The quantitative estimate of drug-likeness (QED) is 0.500. The molecule has 1 fully saturated rings. The summed E-state index contributed by atoms with van der Waals surface area (Å²) in [6.07, 6.45) is 7.91. The largest absolute Gasteiger partial charge is 0.346 e. The number of amides is 1. The highest BCUT2D eigenvalue weighted by Crippen LogP contribution is 2.33. The van der Waals surface area contributed by atoms with Crippen molar-refractivity contribution >= 4 is 29.3 Å². The van der Waals surface area contributed by atoms with E-state index in [1.165, 1.54) is 37.8 Å². The van der Waals surface area contributed by atoms with Crippen LogP contribution in [-0.2, 0) is 4.79 Å². The first-order valence-corrected chi connectivity index (χ1v) is 10.2. The summed E-state index contributed by atoms with van der Waals surface area (Å²) in [5.41, 5.74) is 4.71. The van der Waals surface area contributed by atoms with Gasteiger partial charge in [0.1, 0.15) is 11.6 Å². The second-order valence-corrected chi connectivity index (χ2v) is 7.93. The Bertz CT molecular complexity index is 959. The van der Waals surface area contributed by atoms with Crippen molar-refractivity contribution in [2.45, 2.75) is 58.9 Å². The Morgan fingerprint density at radius 1 is 1.25 bits per heavy atom. The van der Waals surface area contributed by atoms with E-state index in [-0.39, 0.29) is 5.57 Å². The molecule has 3 rings (SSSR count). The zero-order chi connectivity index (χ0) is 20.3. The van der Waals surface area contributed by atoms with E-state index in [9.17, 15) is 10.1 Å². The van der Waals surface area contributed by atoms with Crippen LogP contribution < -0.4 is 5.32 Å². The summed E-state index contributed by atoms with van der Waals surface area (Å²) in [6, 6.07) is 9.96. The number of benzene rings is 1. The number of nitrogens with one attached hydrogen (secondary N) is 1. The average molecular weight is 396 g/mol. The topological polar surface area (TPSA) is 57.8 Å². The summed E-state index contributed by atoms with van der Waals surface area (Å²) < 4.78 is 2.37. The van der Waals surface area contributed by atoms with Gasteiger partial charge < -0.3 is 9.88 Å². The molecule has 1 heterocycles. The van der Waals surface area contributed by atoms with Crippen molar-refractivity contribution in [3.8, 4) is 6.07 Å². The van der Waals surface area contributed by atoms with Crippen LogP contribution in [0, 0.1) is 32.1 Å². The minimum Gasteiger partial charge on any atom is -0.346 e. The van der Waals surface area contributed by atoms with Gasteiger partial charge in [-0.15, -0.1) is 0 Å². The molecule has 1 amide bonds. The fourth-order valence-electron chi connectivity index (χ4n) is 4.09. The maximum Gasteiger partial charge on any atom is 0.266 e. The number of carbonyl (C=O) groups excluding carboxylic acids is 1.